The van der Waals surface area contributed by atoms with E-state index >= 15 is 0 Å². The van der Waals surface area contributed by atoms with Gasteiger partial charge in [0.05, 0.1) is 22.9 Å². The first-order valence-electron chi connectivity index (χ1n) is 9.15. The van der Waals surface area contributed by atoms with E-state index in [1.807, 2.05) is 0 Å². The number of hydrogen-bond donors (Lipinski definition) is 1. The van der Waals surface area contributed by atoms with Gasteiger partial charge in [0.25, 0.3) is 0 Å². The van der Waals surface area contributed by atoms with Crippen molar-refractivity contribution in [1.29, 1.82) is 0 Å². The molecule has 2 aliphatic heterocycles. The van der Waals surface area contributed by atoms with Gasteiger partial charge in [-0.05, 0) is 57.2 Å². The Bertz CT molecular complexity index is 630. The minimum absolute atomic E-state index is 0.0752. The Morgan fingerprint density at radius 1 is 1.40 bits per heavy atom. The average Bonchev–Trinajstić information content (AvgIpc) is 2.64. The molecule has 0 spiro atoms. The van der Waals surface area contributed by atoms with Crippen molar-refractivity contribution in [2.24, 2.45) is 5.92 Å². The molecule has 3 rings (SSSR count). The minimum atomic E-state index is -0.286. The molecule has 0 unspecified atom stereocenters. The Hall–Kier alpha value is -1.33. The van der Waals surface area contributed by atoms with Crippen LogP contribution < -0.4 is 10.5 Å². The molecule has 2 N–H and O–H groups in total. The molecule has 0 saturated carbocycles. The maximum absolute atomic E-state index is 12.8. The smallest absolute Gasteiger partial charge is 0.166 e. The molecule has 4 nitrogen and oxygen atoms in total. The molecule has 25 heavy (non-hydrogen) atoms. The first-order valence-corrected chi connectivity index (χ1v) is 9.53. The van der Waals surface area contributed by atoms with Gasteiger partial charge in [-0.25, -0.2) is 4.39 Å². The van der Waals surface area contributed by atoms with Crippen LogP contribution in [0.5, 0.6) is 5.75 Å². The third kappa shape index (κ3) is 4.26. The number of ketones is 1. The second-order valence-corrected chi connectivity index (χ2v) is 7.42. The van der Waals surface area contributed by atoms with E-state index in [4.69, 9.17) is 22.1 Å². The number of nitrogens with zero attached hydrogens (tertiary/aromatic N) is 1. The normalized spacial score (nSPS) is 18.6. The lowest BCUT2D eigenvalue weighted by Crippen LogP contribution is -2.35. The van der Waals surface area contributed by atoms with Gasteiger partial charge in [0, 0.05) is 18.5 Å². The molecule has 0 aromatic heterocycles. The number of nitrogen functional groups attached to an aromatic ring is 1. The van der Waals surface area contributed by atoms with Crippen LogP contribution in [-0.2, 0) is 6.42 Å². The van der Waals surface area contributed by atoms with Crippen molar-refractivity contribution in [2.75, 3.05) is 38.6 Å². The van der Waals surface area contributed by atoms with Crippen molar-refractivity contribution < 1.29 is 13.9 Å². The largest absolute Gasteiger partial charge is 0.492 e. The number of fused-ring (bicyclic) bond motifs is 1. The molecular formula is C19H26ClFN2O2. The Balaban J connectivity index is 1.62. The molecule has 0 bridgehead atoms. The fourth-order valence-electron chi connectivity index (χ4n) is 3.83. The maximum Gasteiger partial charge on any atom is 0.166 e. The number of anilines is 1. The third-order valence-corrected chi connectivity index (χ3v) is 5.69. The van der Waals surface area contributed by atoms with Crippen LogP contribution >= 0.6 is 11.6 Å². The number of hydrogen-bond acceptors (Lipinski definition) is 4. The Morgan fingerprint density at radius 3 is 2.88 bits per heavy atom. The lowest BCUT2D eigenvalue weighted by Gasteiger charge is -2.31. The van der Waals surface area contributed by atoms with Gasteiger partial charge in [-0.2, -0.15) is 0 Å². The van der Waals surface area contributed by atoms with Crippen LogP contribution in [0.25, 0.3) is 0 Å². The SMILES string of the molecule is Nc1c(Cl)cc(C(=O)CCC2CCN(CCF)CC2)c2c1CCCO2. The van der Waals surface area contributed by atoms with Gasteiger partial charge < -0.3 is 15.4 Å². The van der Waals surface area contributed by atoms with E-state index in [2.05, 4.69) is 4.90 Å². The number of carbonyl (C=O) groups excluding carboxylic acids is 1. The van der Waals surface area contributed by atoms with E-state index in [-0.39, 0.29) is 12.5 Å². The summed E-state index contributed by atoms with van der Waals surface area (Å²) in [5, 5.41) is 0.437. The molecule has 2 heterocycles. The van der Waals surface area contributed by atoms with E-state index in [0.29, 0.717) is 47.5 Å². The minimum Gasteiger partial charge on any atom is -0.492 e. The summed E-state index contributed by atoms with van der Waals surface area (Å²) in [6.07, 6.45) is 5.11. The van der Waals surface area contributed by atoms with Crippen molar-refractivity contribution in [2.45, 2.75) is 38.5 Å². The summed E-state index contributed by atoms with van der Waals surface area (Å²) in [6, 6.07) is 1.66. The molecular weight excluding hydrogens is 343 g/mol. The summed E-state index contributed by atoms with van der Waals surface area (Å²) in [5.41, 5.74) is 8.03. The summed E-state index contributed by atoms with van der Waals surface area (Å²) in [5.74, 6) is 1.24. The number of alkyl halides is 1. The number of ether oxygens (including phenoxy) is 1. The predicted octanol–water partition coefficient (Wildman–Crippen LogP) is 3.89. The standard InChI is InChI=1S/C19H26ClFN2O2/c20-16-12-15(19-14(18(16)22)2-1-11-25-19)17(24)4-3-13-5-8-23(9-6-13)10-7-21/h12-13H,1-11,22H2. The molecule has 0 atom stereocenters. The number of nitrogens with two attached hydrogens (primary N) is 1. The predicted molar refractivity (Wildman–Crippen MR) is 98.4 cm³/mol. The van der Waals surface area contributed by atoms with Crippen LogP contribution in [-0.4, -0.2) is 43.6 Å². The van der Waals surface area contributed by atoms with E-state index < -0.39 is 0 Å². The Morgan fingerprint density at radius 2 is 2.16 bits per heavy atom. The van der Waals surface area contributed by atoms with Gasteiger partial charge in [0.15, 0.2) is 5.78 Å². The monoisotopic (exact) mass is 368 g/mol. The first-order chi connectivity index (χ1) is 12.1. The van der Waals surface area contributed by atoms with Gasteiger partial charge in [0.1, 0.15) is 12.4 Å². The quantitative estimate of drug-likeness (QED) is 0.611. The zero-order valence-corrected chi connectivity index (χ0v) is 15.3. The van der Waals surface area contributed by atoms with Gasteiger partial charge in [0.2, 0.25) is 0 Å². The van der Waals surface area contributed by atoms with Crippen molar-refractivity contribution in [1.82, 2.24) is 4.90 Å². The highest BCUT2D eigenvalue weighted by Crippen LogP contribution is 2.39. The number of piperidine rings is 1. The summed E-state index contributed by atoms with van der Waals surface area (Å²) in [6.45, 7) is 2.70. The number of benzene rings is 1. The van der Waals surface area contributed by atoms with Gasteiger partial charge >= 0.3 is 0 Å². The van der Waals surface area contributed by atoms with E-state index in [1.54, 1.807) is 6.07 Å². The van der Waals surface area contributed by atoms with Crippen LogP contribution in [0.4, 0.5) is 10.1 Å². The number of Topliss-reactive ketones (excluding diaryl/α,β-unsaturated/α-hetero) is 1. The van der Waals surface area contributed by atoms with Crippen molar-refractivity contribution >= 4 is 23.1 Å². The van der Waals surface area contributed by atoms with Crippen molar-refractivity contribution in [3.8, 4) is 5.75 Å². The zero-order chi connectivity index (χ0) is 17.8. The molecule has 0 aliphatic carbocycles. The van der Waals surface area contributed by atoms with Crippen molar-refractivity contribution in [3.63, 3.8) is 0 Å². The fourth-order valence-corrected chi connectivity index (χ4v) is 4.05. The van der Waals surface area contributed by atoms with Crippen molar-refractivity contribution in [3.05, 3.63) is 22.2 Å². The van der Waals surface area contributed by atoms with Gasteiger partial charge in [-0.1, -0.05) is 11.6 Å². The van der Waals surface area contributed by atoms with E-state index in [9.17, 15) is 9.18 Å². The molecule has 0 amide bonds. The molecule has 6 heteroatoms. The molecule has 1 saturated heterocycles. The molecule has 1 fully saturated rings. The highest BCUT2D eigenvalue weighted by atomic mass is 35.5. The van der Waals surface area contributed by atoms with Gasteiger partial charge in [-0.15, -0.1) is 0 Å². The van der Waals surface area contributed by atoms with Gasteiger partial charge in [-0.3, -0.25) is 4.79 Å². The van der Waals surface area contributed by atoms with Crippen LogP contribution in [0.15, 0.2) is 6.07 Å². The van der Waals surface area contributed by atoms with Crippen LogP contribution in [0, 0.1) is 5.92 Å². The molecule has 1 aromatic carbocycles. The van der Waals surface area contributed by atoms with E-state index in [1.165, 1.54) is 0 Å². The molecule has 138 valence electrons. The zero-order valence-electron chi connectivity index (χ0n) is 14.5. The summed E-state index contributed by atoms with van der Waals surface area (Å²) >= 11 is 6.22. The number of halogens is 2. The van der Waals surface area contributed by atoms with E-state index in [0.717, 1.165) is 50.8 Å². The summed E-state index contributed by atoms with van der Waals surface area (Å²) in [4.78, 5) is 14.9. The Labute approximate surface area is 153 Å². The average molecular weight is 369 g/mol. The first kappa shape index (κ1) is 18.5. The summed E-state index contributed by atoms with van der Waals surface area (Å²) in [7, 11) is 0. The highest BCUT2D eigenvalue weighted by molar-refractivity contribution is 6.33. The van der Waals surface area contributed by atoms with Crippen LogP contribution in [0.2, 0.25) is 5.02 Å². The second kappa shape index (κ2) is 8.37. The summed E-state index contributed by atoms with van der Waals surface area (Å²) < 4.78 is 18.1. The number of carbonyl (C=O) groups is 1. The third-order valence-electron chi connectivity index (χ3n) is 5.38. The molecule has 0 radical (unpaired) electrons. The second-order valence-electron chi connectivity index (χ2n) is 7.02. The highest BCUT2D eigenvalue weighted by Gasteiger charge is 2.25. The Kier molecular flexibility index (Phi) is 6.18. The maximum atomic E-state index is 12.8. The molecule has 2 aliphatic rings. The lowest BCUT2D eigenvalue weighted by molar-refractivity contribution is 0.0956. The van der Waals surface area contributed by atoms with Crippen LogP contribution in [0.3, 0.4) is 0 Å². The number of rotatable bonds is 6. The fraction of sp³-hybridized carbons (Fsp3) is 0.632. The lowest BCUT2D eigenvalue weighted by atomic mass is 9.89. The number of likely N-dealkylation sites (tertiary alicyclic amines) is 1. The topological polar surface area (TPSA) is 55.6 Å². The van der Waals surface area contributed by atoms with Crippen LogP contribution in [0.1, 0.15) is 48.0 Å². The molecule has 1 aromatic rings.